The molecule has 1 N–H and O–H groups in total. The van der Waals surface area contributed by atoms with Gasteiger partial charge < -0.3 is 10.2 Å². The number of nitrogens with one attached hydrogen (secondary N) is 1. The largest absolute Gasteiger partial charge is 0.351 e. The maximum atomic E-state index is 13.4. The van der Waals surface area contributed by atoms with E-state index in [1.54, 1.807) is 40.6 Å². The first-order chi connectivity index (χ1) is 13.5. The molecule has 1 saturated carbocycles. The Balaban J connectivity index is 1.88. The van der Waals surface area contributed by atoms with Gasteiger partial charge in [-0.05, 0) is 49.8 Å². The number of aromatic nitrogens is 1. The van der Waals surface area contributed by atoms with Crippen molar-refractivity contribution in [1.82, 2.24) is 15.2 Å². The molecule has 150 valence electrons. The second kappa shape index (κ2) is 9.32. The lowest BCUT2D eigenvalue weighted by molar-refractivity contribution is -0.132. The predicted molar refractivity (Wildman–Crippen MR) is 112 cm³/mol. The summed E-state index contributed by atoms with van der Waals surface area (Å²) in [5.74, 6) is -0.278. The molecule has 1 atom stereocenters. The van der Waals surface area contributed by atoms with Crippen LogP contribution in [0.25, 0.3) is 0 Å². The molecule has 1 fully saturated rings. The van der Waals surface area contributed by atoms with Crippen molar-refractivity contribution in [3.05, 3.63) is 52.5 Å². The summed E-state index contributed by atoms with van der Waals surface area (Å²) in [5, 5.41) is 5.22. The van der Waals surface area contributed by atoms with Gasteiger partial charge in [0.25, 0.3) is 5.91 Å². The Hall–Kier alpha value is -2.21. The van der Waals surface area contributed by atoms with E-state index >= 15 is 0 Å². The van der Waals surface area contributed by atoms with Gasteiger partial charge >= 0.3 is 0 Å². The zero-order valence-corrected chi connectivity index (χ0v) is 17.5. The number of nitrogens with zero attached hydrogens (tertiary/aromatic N) is 2. The molecule has 0 aliphatic heterocycles. The second-order valence-electron chi connectivity index (χ2n) is 7.62. The molecular formula is C22H29N3O2S. The highest BCUT2D eigenvalue weighted by Gasteiger charge is 2.42. The summed E-state index contributed by atoms with van der Waals surface area (Å²) >= 11 is 1.59. The van der Waals surface area contributed by atoms with Crippen LogP contribution >= 0.6 is 11.3 Å². The van der Waals surface area contributed by atoms with Gasteiger partial charge in [-0.15, -0.1) is 11.3 Å². The van der Waals surface area contributed by atoms with E-state index in [1.807, 2.05) is 31.4 Å². The molecule has 5 nitrogen and oxygen atoms in total. The average molecular weight is 400 g/mol. The molecule has 2 aromatic rings. The molecular weight excluding hydrogens is 370 g/mol. The molecule has 2 aromatic heterocycles. The molecule has 6 heteroatoms. The smallest absolute Gasteiger partial charge is 0.273 e. The fraction of sp³-hybridized carbons (Fsp3) is 0.500. The third kappa shape index (κ3) is 4.61. The van der Waals surface area contributed by atoms with Gasteiger partial charge in [-0.25, -0.2) is 0 Å². The van der Waals surface area contributed by atoms with Gasteiger partial charge in [-0.3, -0.25) is 14.6 Å². The Morgan fingerprint density at radius 1 is 1.21 bits per heavy atom. The number of carbonyl (C=O) groups is 2. The zero-order valence-electron chi connectivity index (χ0n) is 16.7. The van der Waals surface area contributed by atoms with Crippen LogP contribution in [0.4, 0.5) is 0 Å². The van der Waals surface area contributed by atoms with Gasteiger partial charge in [0.2, 0.25) is 5.91 Å². The van der Waals surface area contributed by atoms with E-state index in [2.05, 4.69) is 10.3 Å². The first-order valence-corrected chi connectivity index (χ1v) is 11.0. The van der Waals surface area contributed by atoms with Gasteiger partial charge in [-0.1, -0.05) is 38.3 Å². The summed E-state index contributed by atoms with van der Waals surface area (Å²) in [7, 11) is 0. The highest BCUT2D eigenvalue weighted by atomic mass is 32.1. The van der Waals surface area contributed by atoms with Crippen molar-refractivity contribution in [2.75, 3.05) is 0 Å². The first-order valence-electron chi connectivity index (χ1n) is 10.1. The fourth-order valence-electron chi connectivity index (χ4n) is 3.72. The lowest BCUT2D eigenvalue weighted by atomic mass is 9.91. The molecule has 0 unspecified atom stereocenters. The number of pyridine rings is 1. The van der Waals surface area contributed by atoms with Crippen molar-refractivity contribution in [3.63, 3.8) is 0 Å². The van der Waals surface area contributed by atoms with Crippen LogP contribution < -0.4 is 5.32 Å². The Kier molecular flexibility index (Phi) is 6.83. The van der Waals surface area contributed by atoms with Crippen molar-refractivity contribution in [3.8, 4) is 0 Å². The van der Waals surface area contributed by atoms with Gasteiger partial charge in [0.1, 0.15) is 11.2 Å². The summed E-state index contributed by atoms with van der Waals surface area (Å²) in [4.78, 5) is 33.7. The number of hydrogen-bond donors (Lipinski definition) is 1. The minimum atomic E-state index is -0.934. The average Bonchev–Trinajstić information content (AvgIpc) is 3.25. The molecule has 28 heavy (non-hydrogen) atoms. The van der Waals surface area contributed by atoms with Crippen LogP contribution in [0.2, 0.25) is 0 Å². The Morgan fingerprint density at radius 3 is 2.61 bits per heavy atom. The van der Waals surface area contributed by atoms with Crippen molar-refractivity contribution < 1.29 is 9.59 Å². The van der Waals surface area contributed by atoms with Crippen LogP contribution in [0.15, 0.2) is 41.9 Å². The summed E-state index contributed by atoms with van der Waals surface area (Å²) < 4.78 is 0. The maximum Gasteiger partial charge on any atom is 0.273 e. The van der Waals surface area contributed by atoms with Crippen LogP contribution in [-0.2, 0) is 11.3 Å². The van der Waals surface area contributed by atoms with Crippen molar-refractivity contribution in [1.29, 1.82) is 0 Å². The van der Waals surface area contributed by atoms with Crippen LogP contribution in [0.3, 0.4) is 0 Å². The highest BCUT2D eigenvalue weighted by Crippen LogP contribution is 2.27. The van der Waals surface area contributed by atoms with E-state index in [9.17, 15) is 9.59 Å². The Bertz CT molecular complexity index is 772. The molecule has 2 amide bonds. The van der Waals surface area contributed by atoms with Crippen molar-refractivity contribution in [2.24, 2.45) is 0 Å². The Morgan fingerprint density at radius 2 is 2.00 bits per heavy atom. The summed E-state index contributed by atoms with van der Waals surface area (Å²) in [5.41, 5.74) is -0.569. The van der Waals surface area contributed by atoms with Crippen LogP contribution in [0.1, 0.15) is 67.7 Å². The topological polar surface area (TPSA) is 62.3 Å². The van der Waals surface area contributed by atoms with E-state index in [0.29, 0.717) is 18.7 Å². The first kappa shape index (κ1) is 20.5. The standard InChI is InChI=1S/C22H29N3O2S/c1-3-22(2,21(27)24-17-10-5-4-6-11-17)25(16-18-12-9-15-28-18)20(26)19-13-7-8-14-23-19/h7-9,12-15,17H,3-6,10-11,16H2,1-2H3,(H,24,27)/t22-/m1/s1. The summed E-state index contributed by atoms with van der Waals surface area (Å²) in [6, 6.07) is 9.47. The number of amides is 2. The molecule has 0 spiro atoms. The molecule has 0 bridgehead atoms. The van der Waals surface area contributed by atoms with E-state index in [0.717, 1.165) is 30.6 Å². The van der Waals surface area contributed by atoms with E-state index in [1.165, 1.54) is 6.42 Å². The number of carbonyl (C=O) groups excluding carboxylic acids is 2. The van der Waals surface area contributed by atoms with Gasteiger partial charge in [-0.2, -0.15) is 0 Å². The van der Waals surface area contributed by atoms with Crippen molar-refractivity contribution >= 4 is 23.2 Å². The summed E-state index contributed by atoms with van der Waals surface area (Å²) in [6.07, 6.45) is 7.73. The lowest BCUT2D eigenvalue weighted by Crippen LogP contribution is -2.60. The van der Waals surface area contributed by atoms with Crippen LogP contribution in [-0.4, -0.2) is 33.3 Å². The molecule has 3 rings (SSSR count). The third-order valence-electron chi connectivity index (χ3n) is 5.74. The van der Waals surface area contributed by atoms with Gasteiger partial charge in [0, 0.05) is 17.1 Å². The van der Waals surface area contributed by atoms with E-state index in [-0.39, 0.29) is 17.9 Å². The summed E-state index contributed by atoms with van der Waals surface area (Å²) in [6.45, 7) is 4.24. The Labute approximate surface area is 171 Å². The van der Waals surface area contributed by atoms with E-state index in [4.69, 9.17) is 0 Å². The van der Waals surface area contributed by atoms with Gasteiger partial charge in [0.15, 0.2) is 0 Å². The monoisotopic (exact) mass is 399 g/mol. The number of rotatable bonds is 7. The zero-order chi connectivity index (χ0) is 20.0. The van der Waals surface area contributed by atoms with Crippen LogP contribution in [0.5, 0.6) is 0 Å². The third-order valence-corrected chi connectivity index (χ3v) is 6.60. The highest BCUT2D eigenvalue weighted by molar-refractivity contribution is 7.09. The normalized spacial score (nSPS) is 16.9. The van der Waals surface area contributed by atoms with E-state index < -0.39 is 5.54 Å². The molecule has 0 saturated heterocycles. The predicted octanol–water partition coefficient (Wildman–Crippen LogP) is 4.40. The second-order valence-corrected chi connectivity index (χ2v) is 8.65. The molecule has 2 heterocycles. The molecule has 0 aromatic carbocycles. The molecule has 1 aliphatic carbocycles. The maximum absolute atomic E-state index is 13.4. The fourth-order valence-corrected chi connectivity index (χ4v) is 4.41. The molecule has 1 aliphatic rings. The quantitative estimate of drug-likeness (QED) is 0.750. The minimum Gasteiger partial charge on any atom is -0.351 e. The minimum absolute atomic E-state index is 0.0669. The SMILES string of the molecule is CC[C@](C)(C(=O)NC1CCCCC1)N(Cc1cccs1)C(=O)c1ccccn1. The number of thiophene rings is 1. The van der Waals surface area contributed by atoms with Gasteiger partial charge in [0.05, 0.1) is 6.54 Å². The molecule has 0 radical (unpaired) electrons. The van der Waals surface area contributed by atoms with Crippen molar-refractivity contribution in [2.45, 2.75) is 70.5 Å². The number of hydrogen-bond acceptors (Lipinski definition) is 4. The van der Waals surface area contributed by atoms with Crippen LogP contribution in [0, 0.1) is 0 Å². The lowest BCUT2D eigenvalue weighted by Gasteiger charge is -2.40.